The van der Waals surface area contributed by atoms with Crippen molar-refractivity contribution < 1.29 is 14.3 Å². The van der Waals surface area contributed by atoms with Gasteiger partial charge in [-0.2, -0.15) is 0 Å². The van der Waals surface area contributed by atoms with Crippen molar-refractivity contribution in [2.45, 2.75) is 24.9 Å². The molecule has 1 aliphatic carbocycles. The number of imidazole rings is 1. The third-order valence-corrected chi connectivity index (χ3v) is 8.35. The minimum atomic E-state index is -0.856. The van der Waals surface area contributed by atoms with Crippen LogP contribution >= 0.6 is 0 Å². The van der Waals surface area contributed by atoms with Crippen LogP contribution in [0.1, 0.15) is 28.4 Å². The van der Waals surface area contributed by atoms with Gasteiger partial charge in [0.1, 0.15) is 18.5 Å². The molecule has 1 aliphatic rings. The van der Waals surface area contributed by atoms with Gasteiger partial charge in [-0.25, -0.2) is 9.78 Å². The molecule has 2 amide bonds. The van der Waals surface area contributed by atoms with Crippen LogP contribution in [0.2, 0.25) is 0 Å². The lowest BCUT2D eigenvalue weighted by molar-refractivity contribution is -0.123. The molecular weight excluding hydrogens is 560 g/mol. The second kappa shape index (κ2) is 12.5. The van der Waals surface area contributed by atoms with Crippen LogP contribution in [-0.2, 0) is 22.5 Å². The van der Waals surface area contributed by atoms with Gasteiger partial charge in [-0.1, -0.05) is 121 Å². The number of ether oxygens (including phenoxy) is 1. The molecule has 1 atom stereocenters. The topological polar surface area (TPSA) is 96.1 Å². The van der Waals surface area contributed by atoms with E-state index in [-0.39, 0.29) is 25.0 Å². The number of hydrogen-bond donors (Lipinski definition) is 3. The Bertz CT molecular complexity index is 1940. The maximum Gasteiger partial charge on any atom is 0.407 e. The lowest BCUT2D eigenvalue weighted by atomic mass is 9.98. The van der Waals surface area contributed by atoms with Crippen LogP contribution in [-0.4, -0.2) is 34.6 Å². The summed E-state index contributed by atoms with van der Waals surface area (Å²) in [5, 5.41) is 7.97. The van der Waals surface area contributed by atoms with Gasteiger partial charge in [-0.3, -0.25) is 4.79 Å². The molecule has 5 aromatic carbocycles. The molecule has 0 fully saturated rings. The zero-order valence-corrected chi connectivity index (χ0v) is 24.6. The van der Waals surface area contributed by atoms with E-state index in [0.29, 0.717) is 12.2 Å². The smallest absolute Gasteiger partial charge is 0.407 e. The normalized spacial score (nSPS) is 12.7. The predicted octanol–water partition coefficient (Wildman–Crippen LogP) is 7.00. The molecule has 0 bridgehead atoms. The summed E-state index contributed by atoms with van der Waals surface area (Å²) in [5.41, 5.74) is 7.37. The summed E-state index contributed by atoms with van der Waals surface area (Å²) in [6, 6.07) is 39.5. The van der Waals surface area contributed by atoms with Crippen molar-refractivity contribution in [2.75, 3.05) is 6.61 Å². The minimum Gasteiger partial charge on any atom is -0.449 e. The monoisotopic (exact) mass is 592 g/mol. The van der Waals surface area contributed by atoms with Crippen molar-refractivity contribution in [3.8, 4) is 22.4 Å². The van der Waals surface area contributed by atoms with Gasteiger partial charge in [0.05, 0.1) is 18.4 Å². The largest absolute Gasteiger partial charge is 0.449 e. The summed E-state index contributed by atoms with van der Waals surface area (Å²) in [6.07, 6.45) is 1.41. The first-order valence-electron chi connectivity index (χ1n) is 15.1. The number of fused-ring (bicyclic) bond motifs is 4. The van der Waals surface area contributed by atoms with E-state index in [4.69, 9.17) is 4.74 Å². The fourth-order valence-electron chi connectivity index (χ4n) is 6.10. The van der Waals surface area contributed by atoms with E-state index in [9.17, 15) is 9.59 Å². The Morgan fingerprint density at radius 2 is 1.44 bits per heavy atom. The quantitative estimate of drug-likeness (QED) is 0.169. The molecule has 45 heavy (non-hydrogen) atoms. The second-order valence-corrected chi connectivity index (χ2v) is 11.2. The third kappa shape index (κ3) is 6.06. The summed E-state index contributed by atoms with van der Waals surface area (Å²) >= 11 is 0. The molecule has 7 rings (SSSR count). The average molecular weight is 593 g/mol. The van der Waals surface area contributed by atoms with Gasteiger partial charge in [-0.05, 0) is 44.2 Å². The highest BCUT2D eigenvalue weighted by atomic mass is 16.5. The number of carbonyl (C=O) groups is 2. The Labute approximate surface area is 261 Å². The van der Waals surface area contributed by atoms with Crippen LogP contribution in [0.5, 0.6) is 0 Å². The second-order valence-electron chi connectivity index (χ2n) is 11.2. The lowest BCUT2D eigenvalue weighted by Crippen LogP contribution is -2.48. The standard InChI is InChI=1S/C38H32N4O3/c43-37(40-23-36-39-22-35(41-36)27-11-2-1-3-12-27)34(21-25-18-19-26-10-4-5-13-28(26)20-25)42-38(44)45-24-33-31-16-8-6-14-29(31)30-15-7-9-17-32(30)33/h1-20,22,33-34H,21,23-24H2,(H,39,41)(H,40,43)(H,42,44). The maximum absolute atomic E-state index is 13.6. The van der Waals surface area contributed by atoms with Crippen LogP contribution in [0.4, 0.5) is 4.79 Å². The number of alkyl carbamates (subject to hydrolysis) is 1. The Kier molecular flexibility index (Phi) is 7.81. The van der Waals surface area contributed by atoms with Crippen molar-refractivity contribution in [3.05, 3.63) is 150 Å². The lowest BCUT2D eigenvalue weighted by Gasteiger charge is -2.20. The van der Waals surface area contributed by atoms with Crippen LogP contribution in [0.3, 0.4) is 0 Å². The Hall–Kier alpha value is -5.69. The zero-order valence-electron chi connectivity index (χ0n) is 24.6. The number of carbonyl (C=O) groups excluding carboxylic acids is 2. The van der Waals surface area contributed by atoms with Gasteiger partial charge in [0.25, 0.3) is 0 Å². The number of nitrogens with one attached hydrogen (secondary N) is 3. The summed E-state index contributed by atoms with van der Waals surface area (Å²) < 4.78 is 5.79. The number of rotatable bonds is 9. The van der Waals surface area contributed by atoms with Crippen LogP contribution in [0.15, 0.2) is 128 Å². The van der Waals surface area contributed by atoms with Gasteiger partial charge >= 0.3 is 6.09 Å². The van der Waals surface area contributed by atoms with E-state index in [0.717, 1.165) is 49.8 Å². The van der Waals surface area contributed by atoms with E-state index in [1.54, 1.807) is 6.20 Å². The number of nitrogens with zero attached hydrogens (tertiary/aromatic N) is 1. The molecule has 0 spiro atoms. The summed E-state index contributed by atoms with van der Waals surface area (Å²) in [4.78, 5) is 34.5. The molecule has 0 saturated heterocycles. The van der Waals surface area contributed by atoms with Crippen molar-refractivity contribution in [1.29, 1.82) is 0 Å². The molecule has 1 aromatic heterocycles. The molecule has 0 aliphatic heterocycles. The summed E-state index contributed by atoms with van der Waals surface area (Å²) in [5.74, 6) is 0.218. The first-order chi connectivity index (χ1) is 22.1. The molecule has 7 nitrogen and oxygen atoms in total. The molecule has 3 N–H and O–H groups in total. The van der Waals surface area contributed by atoms with Crippen LogP contribution in [0.25, 0.3) is 33.2 Å². The van der Waals surface area contributed by atoms with Crippen LogP contribution in [0, 0.1) is 0 Å². The average Bonchev–Trinajstić information content (AvgIpc) is 3.69. The Morgan fingerprint density at radius 1 is 0.778 bits per heavy atom. The van der Waals surface area contributed by atoms with Crippen molar-refractivity contribution in [3.63, 3.8) is 0 Å². The number of aromatic nitrogens is 2. The van der Waals surface area contributed by atoms with E-state index in [1.807, 2.05) is 97.1 Å². The highest BCUT2D eigenvalue weighted by Gasteiger charge is 2.30. The molecular formula is C38H32N4O3. The molecule has 6 aromatic rings. The molecule has 7 heteroatoms. The zero-order chi connectivity index (χ0) is 30.6. The fourth-order valence-corrected chi connectivity index (χ4v) is 6.10. The minimum absolute atomic E-state index is 0.0753. The number of aromatic amines is 1. The predicted molar refractivity (Wildman–Crippen MR) is 176 cm³/mol. The fraction of sp³-hybridized carbons (Fsp3) is 0.132. The number of hydrogen-bond acceptors (Lipinski definition) is 4. The van der Waals surface area contributed by atoms with Crippen molar-refractivity contribution >= 4 is 22.8 Å². The van der Waals surface area contributed by atoms with Gasteiger partial charge in [0, 0.05) is 12.3 Å². The molecule has 0 saturated carbocycles. The summed E-state index contributed by atoms with van der Waals surface area (Å²) in [6.45, 7) is 0.352. The molecule has 0 radical (unpaired) electrons. The van der Waals surface area contributed by atoms with Gasteiger partial charge in [0.2, 0.25) is 5.91 Å². The van der Waals surface area contributed by atoms with E-state index in [1.165, 1.54) is 0 Å². The maximum atomic E-state index is 13.6. The first kappa shape index (κ1) is 28.1. The third-order valence-electron chi connectivity index (χ3n) is 8.35. The first-order valence-corrected chi connectivity index (χ1v) is 15.1. The van der Waals surface area contributed by atoms with Gasteiger partial charge in [0.15, 0.2) is 0 Å². The van der Waals surface area contributed by atoms with Gasteiger partial charge in [-0.15, -0.1) is 0 Å². The van der Waals surface area contributed by atoms with Crippen molar-refractivity contribution in [2.24, 2.45) is 0 Å². The van der Waals surface area contributed by atoms with Crippen LogP contribution < -0.4 is 10.6 Å². The number of benzene rings is 5. The molecule has 222 valence electrons. The van der Waals surface area contributed by atoms with E-state index in [2.05, 4.69) is 44.9 Å². The van der Waals surface area contributed by atoms with E-state index >= 15 is 0 Å². The van der Waals surface area contributed by atoms with Crippen molar-refractivity contribution in [1.82, 2.24) is 20.6 Å². The highest BCUT2D eigenvalue weighted by molar-refractivity contribution is 5.87. The Balaban J connectivity index is 1.06. The Morgan fingerprint density at radius 3 is 2.20 bits per heavy atom. The number of amides is 2. The number of H-pyrrole nitrogens is 1. The highest BCUT2D eigenvalue weighted by Crippen LogP contribution is 2.44. The summed E-state index contributed by atoms with van der Waals surface area (Å²) in [7, 11) is 0. The molecule has 1 unspecified atom stereocenters. The van der Waals surface area contributed by atoms with Gasteiger partial charge < -0.3 is 20.4 Å². The van der Waals surface area contributed by atoms with E-state index < -0.39 is 12.1 Å². The molecule has 1 heterocycles. The SMILES string of the molecule is O=C(NC(Cc1ccc2ccccc2c1)C(=O)NCc1ncc(-c2ccccc2)[nH]1)OCC1c2ccccc2-c2ccccc21.